The summed E-state index contributed by atoms with van der Waals surface area (Å²) in [7, 11) is 3.48. The molecule has 0 radical (unpaired) electrons. The number of halogens is 1. The predicted octanol–water partition coefficient (Wildman–Crippen LogP) is 2.42. The van der Waals surface area contributed by atoms with Gasteiger partial charge in [-0.2, -0.15) is 0 Å². The Balaban J connectivity index is 2.79. The van der Waals surface area contributed by atoms with Crippen LogP contribution >= 0.6 is 15.9 Å². The number of hydrogen-bond donors (Lipinski definition) is 0. The minimum Gasteiger partial charge on any atom is -0.343 e. The molecule has 17 heavy (non-hydrogen) atoms. The number of pyridine rings is 1. The molecular formula is C12H14BrN3O. The molecule has 2 heterocycles. The van der Waals surface area contributed by atoms with Crippen molar-refractivity contribution in [1.29, 1.82) is 0 Å². The fourth-order valence-corrected chi connectivity index (χ4v) is 2.46. The molecule has 0 aliphatic carbocycles. The second kappa shape index (κ2) is 4.14. The average molecular weight is 296 g/mol. The average Bonchev–Trinajstić information content (AvgIpc) is 2.54. The van der Waals surface area contributed by atoms with Gasteiger partial charge < -0.3 is 4.90 Å². The van der Waals surface area contributed by atoms with E-state index in [-0.39, 0.29) is 5.91 Å². The van der Waals surface area contributed by atoms with Gasteiger partial charge >= 0.3 is 0 Å². The summed E-state index contributed by atoms with van der Waals surface area (Å²) in [6.45, 7) is 3.84. The molecule has 0 saturated carbocycles. The van der Waals surface area contributed by atoms with Crippen LogP contribution in [0.1, 0.15) is 21.7 Å². The fraction of sp³-hybridized carbons (Fsp3) is 0.333. The monoisotopic (exact) mass is 295 g/mol. The third kappa shape index (κ3) is 1.95. The molecule has 0 aliphatic rings. The number of imidazole rings is 1. The van der Waals surface area contributed by atoms with Crippen LogP contribution < -0.4 is 0 Å². The number of amides is 1. The largest absolute Gasteiger partial charge is 0.343 e. The molecule has 2 rings (SSSR count). The van der Waals surface area contributed by atoms with E-state index in [1.807, 2.05) is 30.5 Å². The summed E-state index contributed by atoms with van der Waals surface area (Å²) < 4.78 is 2.75. The smallest absolute Gasteiger partial charge is 0.272 e. The highest BCUT2D eigenvalue weighted by Gasteiger charge is 2.19. The summed E-state index contributed by atoms with van der Waals surface area (Å²) in [6, 6.07) is 1.99. The van der Waals surface area contributed by atoms with Crippen molar-refractivity contribution in [3.8, 4) is 0 Å². The quantitative estimate of drug-likeness (QED) is 0.810. The minimum atomic E-state index is -0.0347. The lowest BCUT2D eigenvalue weighted by Crippen LogP contribution is -2.24. The number of aryl methyl sites for hydroxylation is 2. The van der Waals surface area contributed by atoms with Crippen molar-refractivity contribution in [3.63, 3.8) is 0 Å². The van der Waals surface area contributed by atoms with Gasteiger partial charge in [0, 0.05) is 20.3 Å². The van der Waals surface area contributed by atoms with Gasteiger partial charge in [0.15, 0.2) is 5.65 Å². The van der Waals surface area contributed by atoms with E-state index in [0.29, 0.717) is 5.69 Å². The third-order valence-electron chi connectivity index (χ3n) is 2.59. The first kappa shape index (κ1) is 12.1. The first-order valence-electron chi connectivity index (χ1n) is 5.28. The zero-order valence-electron chi connectivity index (χ0n) is 10.3. The SMILES string of the molecule is Cc1cc(Br)c2nc(C)c(C(=O)N(C)C)n2c1. The highest BCUT2D eigenvalue weighted by atomic mass is 79.9. The molecular weight excluding hydrogens is 282 g/mol. The van der Waals surface area contributed by atoms with Crippen molar-refractivity contribution in [1.82, 2.24) is 14.3 Å². The molecule has 0 saturated heterocycles. The maximum Gasteiger partial charge on any atom is 0.272 e. The predicted molar refractivity (Wildman–Crippen MR) is 70.4 cm³/mol. The lowest BCUT2D eigenvalue weighted by molar-refractivity contribution is 0.0820. The molecule has 2 aromatic rings. The zero-order valence-corrected chi connectivity index (χ0v) is 11.9. The number of aromatic nitrogens is 2. The van der Waals surface area contributed by atoms with Crippen molar-refractivity contribution >= 4 is 27.5 Å². The van der Waals surface area contributed by atoms with Crippen LogP contribution in [-0.2, 0) is 0 Å². The van der Waals surface area contributed by atoms with Crippen LogP contribution in [0.25, 0.3) is 5.65 Å². The fourth-order valence-electron chi connectivity index (χ4n) is 1.81. The molecule has 0 bridgehead atoms. The Hall–Kier alpha value is -1.36. The van der Waals surface area contributed by atoms with Crippen molar-refractivity contribution < 1.29 is 4.79 Å². The maximum absolute atomic E-state index is 12.1. The number of nitrogens with zero attached hydrogens (tertiary/aromatic N) is 3. The highest BCUT2D eigenvalue weighted by Crippen LogP contribution is 2.22. The second-order valence-corrected chi connectivity index (χ2v) is 5.16. The lowest BCUT2D eigenvalue weighted by atomic mass is 10.3. The zero-order chi connectivity index (χ0) is 12.7. The van der Waals surface area contributed by atoms with E-state index >= 15 is 0 Å². The summed E-state index contributed by atoms with van der Waals surface area (Å²) in [5.74, 6) is -0.0347. The Bertz CT molecular complexity index is 601. The molecule has 2 aromatic heterocycles. The Labute approximate surface area is 108 Å². The molecule has 90 valence electrons. The van der Waals surface area contributed by atoms with Gasteiger partial charge in [-0.15, -0.1) is 0 Å². The summed E-state index contributed by atoms with van der Waals surface area (Å²) >= 11 is 3.47. The van der Waals surface area contributed by atoms with Crippen LogP contribution in [0.15, 0.2) is 16.7 Å². The molecule has 0 fully saturated rings. The van der Waals surface area contributed by atoms with E-state index in [1.165, 1.54) is 0 Å². The number of carbonyl (C=O) groups is 1. The van der Waals surface area contributed by atoms with Crippen LogP contribution in [0, 0.1) is 13.8 Å². The van der Waals surface area contributed by atoms with Crippen molar-refractivity contribution in [2.75, 3.05) is 14.1 Å². The van der Waals surface area contributed by atoms with Gasteiger partial charge in [-0.25, -0.2) is 4.98 Å². The van der Waals surface area contributed by atoms with Crippen LogP contribution in [0.3, 0.4) is 0 Å². The summed E-state index contributed by atoms with van der Waals surface area (Å²) in [5.41, 5.74) is 3.22. The van der Waals surface area contributed by atoms with Gasteiger partial charge in [0.25, 0.3) is 5.91 Å². The lowest BCUT2D eigenvalue weighted by Gasteiger charge is -2.11. The van der Waals surface area contributed by atoms with E-state index < -0.39 is 0 Å². The Kier molecular flexibility index (Phi) is 2.95. The van der Waals surface area contributed by atoms with E-state index in [9.17, 15) is 4.79 Å². The molecule has 0 aromatic carbocycles. The normalized spacial score (nSPS) is 10.9. The van der Waals surface area contributed by atoms with Crippen LogP contribution in [-0.4, -0.2) is 34.3 Å². The maximum atomic E-state index is 12.1. The summed E-state index contributed by atoms with van der Waals surface area (Å²) in [4.78, 5) is 18.1. The Morgan fingerprint density at radius 1 is 1.41 bits per heavy atom. The molecule has 0 N–H and O–H groups in total. The number of rotatable bonds is 1. The third-order valence-corrected chi connectivity index (χ3v) is 3.18. The van der Waals surface area contributed by atoms with Crippen molar-refractivity contribution in [3.05, 3.63) is 33.7 Å². The molecule has 0 spiro atoms. The van der Waals surface area contributed by atoms with Crippen LogP contribution in [0.2, 0.25) is 0 Å². The first-order valence-corrected chi connectivity index (χ1v) is 6.07. The van der Waals surface area contributed by atoms with Gasteiger partial charge in [0.2, 0.25) is 0 Å². The second-order valence-electron chi connectivity index (χ2n) is 4.30. The molecule has 1 amide bonds. The van der Waals surface area contributed by atoms with Gasteiger partial charge in [0.05, 0.1) is 10.2 Å². The van der Waals surface area contributed by atoms with Crippen molar-refractivity contribution in [2.24, 2.45) is 0 Å². The molecule has 0 atom stereocenters. The summed E-state index contributed by atoms with van der Waals surface area (Å²) in [5, 5.41) is 0. The highest BCUT2D eigenvalue weighted by molar-refractivity contribution is 9.10. The molecule has 4 nitrogen and oxygen atoms in total. The molecule has 5 heteroatoms. The van der Waals surface area contributed by atoms with Crippen LogP contribution in [0.4, 0.5) is 0 Å². The van der Waals surface area contributed by atoms with Gasteiger partial charge in [-0.1, -0.05) is 0 Å². The van der Waals surface area contributed by atoms with E-state index in [2.05, 4.69) is 20.9 Å². The molecule has 0 aliphatic heterocycles. The number of hydrogen-bond acceptors (Lipinski definition) is 2. The topological polar surface area (TPSA) is 37.6 Å². The Morgan fingerprint density at radius 2 is 2.06 bits per heavy atom. The van der Waals surface area contributed by atoms with Gasteiger partial charge in [0.1, 0.15) is 5.69 Å². The van der Waals surface area contributed by atoms with E-state index in [4.69, 9.17) is 0 Å². The van der Waals surface area contributed by atoms with Gasteiger partial charge in [-0.3, -0.25) is 9.20 Å². The number of carbonyl (C=O) groups excluding carboxylic acids is 1. The van der Waals surface area contributed by atoms with Crippen LogP contribution in [0.5, 0.6) is 0 Å². The Morgan fingerprint density at radius 3 is 2.65 bits per heavy atom. The van der Waals surface area contributed by atoms with Gasteiger partial charge in [-0.05, 0) is 41.4 Å². The van der Waals surface area contributed by atoms with E-state index in [1.54, 1.807) is 19.0 Å². The first-order chi connectivity index (χ1) is 7.91. The standard InChI is InChI=1S/C12H14BrN3O/c1-7-5-9(13)11-14-8(2)10(16(11)6-7)12(17)15(3)4/h5-6H,1-4H3. The number of fused-ring (bicyclic) bond motifs is 1. The van der Waals surface area contributed by atoms with Crippen molar-refractivity contribution in [2.45, 2.75) is 13.8 Å². The molecule has 0 unspecified atom stereocenters. The summed E-state index contributed by atoms with van der Waals surface area (Å²) in [6.07, 6.45) is 1.93. The van der Waals surface area contributed by atoms with E-state index in [0.717, 1.165) is 21.4 Å². The minimum absolute atomic E-state index is 0.0347.